The van der Waals surface area contributed by atoms with Crippen molar-refractivity contribution in [2.45, 2.75) is 25.4 Å². The summed E-state index contributed by atoms with van der Waals surface area (Å²) in [6, 6.07) is 3.54. The summed E-state index contributed by atoms with van der Waals surface area (Å²) in [6.45, 7) is 3.05. The number of hydrogen-bond donors (Lipinski definition) is 2. The Kier molecular flexibility index (Phi) is 4.77. The molecule has 0 bridgehead atoms. The topological polar surface area (TPSA) is 89.0 Å². The number of aryl methyl sites for hydroxylation is 1. The molecule has 7 nitrogen and oxygen atoms in total. The Hall–Kier alpha value is -2.54. The van der Waals surface area contributed by atoms with Crippen LogP contribution in [0.5, 0.6) is 0 Å². The maximum Gasteiger partial charge on any atom is 0.253 e. The molecule has 3 heterocycles. The number of rotatable bonds is 4. The van der Waals surface area contributed by atoms with Crippen molar-refractivity contribution < 1.29 is 9.53 Å². The monoisotopic (exact) mass is 313 g/mol. The van der Waals surface area contributed by atoms with Crippen molar-refractivity contribution in [1.82, 2.24) is 20.3 Å². The summed E-state index contributed by atoms with van der Waals surface area (Å²) in [7, 11) is 0. The van der Waals surface area contributed by atoms with E-state index in [1.54, 1.807) is 24.7 Å². The van der Waals surface area contributed by atoms with Crippen molar-refractivity contribution in [1.29, 1.82) is 0 Å². The van der Waals surface area contributed by atoms with E-state index >= 15 is 0 Å². The molecule has 2 aromatic heterocycles. The van der Waals surface area contributed by atoms with Gasteiger partial charge in [-0.3, -0.25) is 9.78 Å². The maximum absolute atomic E-state index is 12.4. The molecule has 2 N–H and O–H groups in total. The van der Waals surface area contributed by atoms with Crippen molar-refractivity contribution in [3.63, 3.8) is 0 Å². The van der Waals surface area contributed by atoms with Crippen LogP contribution in [0, 0.1) is 6.92 Å². The second-order valence-corrected chi connectivity index (χ2v) is 5.54. The summed E-state index contributed by atoms with van der Waals surface area (Å²) in [5.41, 5.74) is 1.53. The van der Waals surface area contributed by atoms with Gasteiger partial charge in [-0.2, -0.15) is 0 Å². The predicted octanol–water partition coefficient (Wildman–Crippen LogP) is 1.18. The van der Waals surface area contributed by atoms with Crippen LogP contribution in [-0.2, 0) is 4.74 Å². The highest BCUT2D eigenvalue weighted by molar-refractivity contribution is 5.94. The predicted molar refractivity (Wildman–Crippen MR) is 85.1 cm³/mol. The molecule has 3 rings (SSSR count). The van der Waals surface area contributed by atoms with Gasteiger partial charge in [-0.05, 0) is 31.0 Å². The quantitative estimate of drug-likeness (QED) is 0.881. The Morgan fingerprint density at radius 1 is 1.30 bits per heavy atom. The molecular weight excluding hydrogens is 294 g/mol. The van der Waals surface area contributed by atoms with Gasteiger partial charge in [0.2, 0.25) is 0 Å². The Morgan fingerprint density at radius 3 is 3.00 bits per heavy atom. The molecular formula is C16H19N5O2. The van der Waals surface area contributed by atoms with Gasteiger partial charge in [-0.15, -0.1) is 0 Å². The summed E-state index contributed by atoms with van der Waals surface area (Å²) >= 11 is 0. The fourth-order valence-electron chi connectivity index (χ4n) is 2.55. The summed E-state index contributed by atoms with van der Waals surface area (Å²) in [6.07, 6.45) is 7.20. The maximum atomic E-state index is 12.4. The molecule has 1 amide bonds. The molecule has 0 radical (unpaired) electrons. The van der Waals surface area contributed by atoms with Crippen LogP contribution >= 0.6 is 0 Å². The zero-order chi connectivity index (χ0) is 16.1. The van der Waals surface area contributed by atoms with Crippen LogP contribution in [0.25, 0.3) is 0 Å². The van der Waals surface area contributed by atoms with Crippen LogP contribution in [0.1, 0.15) is 22.3 Å². The smallest absolute Gasteiger partial charge is 0.253 e. The normalized spacial score (nSPS) is 20.7. The second-order valence-electron chi connectivity index (χ2n) is 5.54. The first kappa shape index (κ1) is 15.4. The first-order valence-electron chi connectivity index (χ1n) is 7.55. The lowest BCUT2D eigenvalue weighted by Crippen LogP contribution is -2.52. The van der Waals surface area contributed by atoms with Gasteiger partial charge in [0.25, 0.3) is 5.91 Å². The third kappa shape index (κ3) is 4.01. The highest BCUT2D eigenvalue weighted by Crippen LogP contribution is 2.14. The molecule has 2 atom stereocenters. The fourth-order valence-corrected chi connectivity index (χ4v) is 2.55. The average molecular weight is 313 g/mol. The number of ether oxygens (including phenoxy) is 1. The minimum Gasteiger partial charge on any atom is -0.379 e. The second kappa shape index (κ2) is 7.15. The standard InChI is InChI=1S/C16H19N5O2/c1-11-6-12(8-18-7-11)16(22)21-13-3-5-23-9-14(13)20-15-2-4-17-10-19-15/h2,4,6-8,10,13-14H,3,5,9H2,1H3,(H,21,22)(H,17,19,20)/t13-,14+/m0/s1. The van der Waals surface area contributed by atoms with E-state index < -0.39 is 0 Å². The number of nitrogens with one attached hydrogen (secondary N) is 2. The molecule has 1 saturated heterocycles. The molecule has 0 aromatic carbocycles. The van der Waals surface area contributed by atoms with Gasteiger partial charge in [0.05, 0.1) is 24.3 Å². The van der Waals surface area contributed by atoms with Gasteiger partial charge >= 0.3 is 0 Å². The zero-order valence-electron chi connectivity index (χ0n) is 12.9. The molecule has 23 heavy (non-hydrogen) atoms. The van der Waals surface area contributed by atoms with E-state index in [9.17, 15) is 4.79 Å². The highest BCUT2D eigenvalue weighted by Gasteiger charge is 2.27. The third-order valence-electron chi connectivity index (χ3n) is 3.73. The lowest BCUT2D eigenvalue weighted by atomic mass is 10.0. The summed E-state index contributed by atoms with van der Waals surface area (Å²) in [5, 5.41) is 6.36. The van der Waals surface area contributed by atoms with E-state index in [2.05, 4.69) is 25.6 Å². The molecule has 7 heteroatoms. The van der Waals surface area contributed by atoms with Crippen molar-refractivity contribution in [3.05, 3.63) is 48.2 Å². The molecule has 1 fully saturated rings. The number of aromatic nitrogens is 3. The largest absolute Gasteiger partial charge is 0.379 e. The first-order chi connectivity index (χ1) is 11.2. The van der Waals surface area contributed by atoms with Gasteiger partial charge < -0.3 is 15.4 Å². The molecule has 0 saturated carbocycles. The molecule has 120 valence electrons. The van der Waals surface area contributed by atoms with Gasteiger partial charge in [0.15, 0.2) is 0 Å². The molecule has 1 aliphatic heterocycles. The minimum absolute atomic E-state index is 0.0354. The number of amides is 1. The Balaban J connectivity index is 1.68. The van der Waals surface area contributed by atoms with Crippen molar-refractivity contribution >= 4 is 11.7 Å². The fraction of sp³-hybridized carbons (Fsp3) is 0.375. The highest BCUT2D eigenvalue weighted by atomic mass is 16.5. The summed E-state index contributed by atoms with van der Waals surface area (Å²) in [4.78, 5) is 24.5. The number of hydrogen-bond acceptors (Lipinski definition) is 6. The van der Waals surface area contributed by atoms with E-state index in [-0.39, 0.29) is 18.0 Å². The Labute approximate surface area is 134 Å². The molecule has 0 spiro atoms. The van der Waals surface area contributed by atoms with Crippen molar-refractivity contribution in [2.24, 2.45) is 0 Å². The SMILES string of the molecule is Cc1cncc(C(=O)N[C@H]2CCOC[C@H]2Nc2ccncn2)c1. The number of carbonyl (C=O) groups is 1. The van der Waals surface area contributed by atoms with Crippen LogP contribution in [0.4, 0.5) is 5.82 Å². The number of carbonyl (C=O) groups excluding carboxylic acids is 1. The first-order valence-corrected chi connectivity index (χ1v) is 7.55. The van der Waals surface area contributed by atoms with E-state index in [1.807, 2.05) is 13.0 Å². The van der Waals surface area contributed by atoms with Gasteiger partial charge in [-0.25, -0.2) is 9.97 Å². The van der Waals surface area contributed by atoms with E-state index in [0.717, 1.165) is 12.0 Å². The van der Waals surface area contributed by atoms with Crippen molar-refractivity contribution in [3.8, 4) is 0 Å². The Morgan fingerprint density at radius 2 is 2.22 bits per heavy atom. The molecule has 0 unspecified atom stereocenters. The van der Waals surface area contributed by atoms with E-state index in [1.165, 1.54) is 6.33 Å². The van der Waals surface area contributed by atoms with E-state index in [4.69, 9.17) is 4.74 Å². The number of anilines is 1. The van der Waals surface area contributed by atoms with Gasteiger partial charge in [0.1, 0.15) is 12.1 Å². The number of nitrogens with zero attached hydrogens (tertiary/aromatic N) is 3. The average Bonchev–Trinajstić information content (AvgIpc) is 2.57. The van der Waals surface area contributed by atoms with Crippen LogP contribution < -0.4 is 10.6 Å². The van der Waals surface area contributed by atoms with E-state index in [0.29, 0.717) is 24.6 Å². The summed E-state index contributed by atoms with van der Waals surface area (Å²) in [5.74, 6) is 0.592. The zero-order valence-corrected chi connectivity index (χ0v) is 12.9. The van der Waals surface area contributed by atoms with Crippen LogP contribution in [0.15, 0.2) is 37.1 Å². The Bertz CT molecular complexity index is 665. The molecule has 1 aliphatic rings. The summed E-state index contributed by atoms with van der Waals surface area (Å²) < 4.78 is 5.52. The number of pyridine rings is 1. The van der Waals surface area contributed by atoms with Crippen molar-refractivity contribution in [2.75, 3.05) is 18.5 Å². The lowest BCUT2D eigenvalue weighted by molar-refractivity contribution is 0.0620. The minimum atomic E-state index is -0.123. The van der Waals surface area contributed by atoms with Crippen LogP contribution in [0.2, 0.25) is 0 Å². The molecule has 0 aliphatic carbocycles. The van der Waals surface area contributed by atoms with Gasteiger partial charge in [-0.1, -0.05) is 0 Å². The van der Waals surface area contributed by atoms with Gasteiger partial charge in [0, 0.05) is 25.2 Å². The third-order valence-corrected chi connectivity index (χ3v) is 3.73. The van der Waals surface area contributed by atoms with Crippen LogP contribution in [-0.4, -0.2) is 46.2 Å². The molecule has 2 aromatic rings. The van der Waals surface area contributed by atoms with Crippen LogP contribution in [0.3, 0.4) is 0 Å². The lowest BCUT2D eigenvalue weighted by Gasteiger charge is -2.33.